The summed E-state index contributed by atoms with van der Waals surface area (Å²) in [7, 11) is 3.94. The molecule has 38 heavy (non-hydrogen) atoms. The van der Waals surface area contributed by atoms with E-state index in [1.165, 1.54) is 6.20 Å². The summed E-state index contributed by atoms with van der Waals surface area (Å²) in [6.45, 7) is 18.6. The maximum Gasteiger partial charge on any atom is 0.155 e. The third kappa shape index (κ3) is 6.73. The molecule has 0 fully saturated rings. The number of hydrogen-bond donors (Lipinski definition) is 2. The Morgan fingerprint density at radius 3 is 2.55 bits per heavy atom. The van der Waals surface area contributed by atoms with E-state index in [1.807, 2.05) is 58.1 Å². The van der Waals surface area contributed by atoms with Gasteiger partial charge in [0.15, 0.2) is 5.82 Å². The number of pyridine rings is 2. The molecular weight excluding hydrogens is 493 g/mol. The average molecular weight is 530 g/mol. The molecule has 0 aliphatic carbocycles. The van der Waals surface area contributed by atoms with E-state index < -0.39 is 5.82 Å². The van der Waals surface area contributed by atoms with Gasteiger partial charge in [-0.15, -0.1) is 11.3 Å². The normalized spacial score (nSPS) is 12.1. The van der Waals surface area contributed by atoms with Crippen LogP contribution in [0.5, 0.6) is 0 Å². The number of hydrogen-bond acceptors (Lipinski definition) is 6. The number of nitrogens with one attached hydrogen (secondary N) is 1. The third-order valence-corrected chi connectivity index (χ3v) is 7.33. The van der Waals surface area contributed by atoms with Crippen molar-refractivity contribution in [2.45, 2.75) is 27.2 Å². The van der Waals surface area contributed by atoms with E-state index in [0.717, 1.165) is 37.7 Å². The number of anilines is 2. The molecule has 0 amide bonds. The lowest BCUT2D eigenvalue weighted by molar-refractivity contribution is 0.449. The number of nitrogen functional groups attached to an aromatic ring is 1. The van der Waals surface area contributed by atoms with Crippen LogP contribution in [0.2, 0.25) is 0 Å². The zero-order chi connectivity index (χ0) is 28.0. The lowest BCUT2D eigenvalue weighted by Gasteiger charge is -2.17. The first-order valence-corrected chi connectivity index (χ1v) is 13.1. The van der Waals surface area contributed by atoms with Crippen molar-refractivity contribution < 1.29 is 4.39 Å². The van der Waals surface area contributed by atoms with Crippen LogP contribution in [0.15, 0.2) is 80.0 Å². The number of likely N-dealkylation sites (N-methyl/N-ethyl adjacent to an activating group) is 1. The SMILES string of the molecule is C=C/C(=C\C(=C/C)c1ncc(N)c(CC(=C)Nc2cncc(-c3ccc(C(=C)C)s3)c2C)c1F)CN(C)C. The van der Waals surface area contributed by atoms with Crippen molar-refractivity contribution in [2.24, 2.45) is 0 Å². The highest BCUT2D eigenvalue weighted by Crippen LogP contribution is 2.35. The lowest BCUT2D eigenvalue weighted by Crippen LogP contribution is -2.14. The Kier molecular flexibility index (Phi) is 9.55. The zero-order valence-corrected chi connectivity index (χ0v) is 23.7. The highest BCUT2D eigenvalue weighted by molar-refractivity contribution is 7.16. The molecule has 0 atom stereocenters. The molecule has 3 heterocycles. The van der Waals surface area contributed by atoms with Gasteiger partial charge < -0.3 is 16.0 Å². The van der Waals surface area contributed by atoms with Crippen LogP contribution in [0.1, 0.15) is 35.5 Å². The summed E-state index contributed by atoms with van der Waals surface area (Å²) in [5.74, 6) is -0.458. The monoisotopic (exact) mass is 529 g/mol. The second-order valence-electron chi connectivity index (χ2n) is 9.47. The van der Waals surface area contributed by atoms with Gasteiger partial charge in [0.2, 0.25) is 0 Å². The molecule has 5 nitrogen and oxygen atoms in total. The molecule has 3 N–H and O–H groups in total. The zero-order valence-electron chi connectivity index (χ0n) is 22.9. The predicted molar refractivity (Wildman–Crippen MR) is 163 cm³/mol. The van der Waals surface area contributed by atoms with E-state index in [2.05, 4.69) is 47.2 Å². The Morgan fingerprint density at radius 2 is 1.95 bits per heavy atom. The van der Waals surface area contributed by atoms with E-state index in [9.17, 15) is 0 Å². The van der Waals surface area contributed by atoms with Gasteiger partial charge in [-0.25, -0.2) is 4.39 Å². The highest BCUT2D eigenvalue weighted by Gasteiger charge is 2.18. The maximum absolute atomic E-state index is 15.8. The molecule has 0 aliphatic heterocycles. The molecule has 0 aromatic carbocycles. The van der Waals surface area contributed by atoms with E-state index in [4.69, 9.17) is 5.73 Å². The standard InChI is InChI=1S/C31H36FN5S/c1-9-22(18-37(7)8)14-23(10-2)31-30(32)24(26(33)16-35-31)13-20(5)36-27-17-34-15-25(21(27)6)29-12-11-28(38-29)19(3)4/h9-12,14-17,36H,1,3,5,13,18,33H2,2,4,6-8H3/b22-14+,23-10+. The number of nitrogens with zero attached hydrogens (tertiary/aromatic N) is 3. The number of halogens is 1. The quantitative estimate of drug-likeness (QED) is 0.252. The van der Waals surface area contributed by atoms with Crippen LogP contribution in [0.25, 0.3) is 21.6 Å². The second kappa shape index (κ2) is 12.6. The van der Waals surface area contributed by atoms with Crippen LogP contribution < -0.4 is 11.1 Å². The molecule has 0 aliphatic rings. The first-order chi connectivity index (χ1) is 18.0. The van der Waals surface area contributed by atoms with Gasteiger partial charge in [-0.1, -0.05) is 31.9 Å². The van der Waals surface area contributed by atoms with Crippen LogP contribution in [0.3, 0.4) is 0 Å². The Morgan fingerprint density at radius 1 is 1.21 bits per heavy atom. The second-order valence-corrected chi connectivity index (χ2v) is 10.6. The number of thiophene rings is 1. The van der Waals surface area contributed by atoms with Crippen molar-refractivity contribution >= 4 is 33.9 Å². The molecule has 3 aromatic heterocycles. The van der Waals surface area contributed by atoms with Crippen molar-refractivity contribution in [3.63, 3.8) is 0 Å². The fourth-order valence-electron chi connectivity index (χ4n) is 4.00. The van der Waals surface area contributed by atoms with Crippen molar-refractivity contribution in [2.75, 3.05) is 31.7 Å². The van der Waals surface area contributed by atoms with Gasteiger partial charge in [-0.3, -0.25) is 9.97 Å². The molecule has 0 radical (unpaired) electrons. The lowest BCUT2D eigenvalue weighted by atomic mass is 10.0. The largest absolute Gasteiger partial charge is 0.397 e. The predicted octanol–water partition coefficient (Wildman–Crippen LogP) is 7.51. The molecule has 0 saturated heterocycles. The topological polar surface area (TPSA) is 67.1 Å². The summed E-state index contributed by atoms with van der Waals surface area (Å²) in [4.78, 5) is 13.0. The van der Waals surface area contributed by atoms with Crippen LogP contribution in [0, 0.1) is 12.7 Å². The number of allylic oxidation sites excluding steroid dienone is 5. The molecule has 7 heteroatoms. The molecule has 0 bridgehead atoms. The fourth-order valence-corrected chi connectivity index (χ4v) is 5.00. The van der Waals surface area contributed by atoms with E-state index in [-0.39, 0.29) is 17.8 Å². The maximum atomic E-state index is 15.8. The Balaban J connectivity index is 1.87. The van der Waals surface area contributed by atoms with Crippen LogP contribution in [-0.2, 0) is 6.42 Å². The van der Waals surface area contributed by atoms with Crippen molar-refractivity contribution in [3.8, 4) is 10.4 Å². The van der Waals surface area contributed by atoms with Gasteiger partial charge in [0.05, 0.1) is 23.8 Å². The minimum absolute atomic E-state index is 0.197. The van der Waals surface area contributed by atoms with Gasteiger partial charge in [0, 0.05) is 45.7 Å². The number of aromatic nitrogens is 2. The number of rotatable bonds is 11. The van der Waals surface area contributed by atoms with Gasteiger partial charge in [0.25, 0.3) is 0 Å². The fraction of sp³-hybridized carbons (Fsp3) is 0.226. The first-order valence-electron chi connectivity index (χ1n) is 12.3. The molecule has 0 spiro atoms. The van der Waals surface area contributed by atoms with Gasteiger partial charge in [0.1, 0.15) is 5.69 Å². The summed E-state index contributed by atoms with van der Waals surface area (Å²) < 4.78 is 15.8. The molecule has 3 aromatic rings. The Labute approximate surface area is 229 Å². The third-order valence-electron chi connectivity index (χ3n) is 6.05. The van der Waals surface area contributed by atoms with E-state index in [0.29, 0.717) is 23.4 Å². The summed E-state index contributed by atoms with van der Waals surface area (Å²) in [6, 6.07) is 4.15. The summed E-state index contributed by atoms with van der Waals surface area (Å²) in [6.07, 6.45) is 10.8. The van der Waals surface area contributed by atoms with Gasteiger partial charge in [-0.05, 0) is 75.4 Å². The highest BCUT2D eigenvalue weighted by atomic mass is 32.1. The smallest absolute Gasteiger partial charge is 0.155 e. The molecular formula is C31H36FN5S. The summed E-state index contributed by atoms with van der Waals surface area (Å²) >= 11 is 1.68. The Hall–Kier alpha value is -3.81. The Bertz CT molecular complexity index is 1430. The van der Waals surface area contributed by atoms with E-state index >= 15 is 4.39 Å². The molecule has 3 rings (SSSR count). The minimum atomic E-state index is -0.458. The number of nitrogens with two attached hydrogens (primary N) is 1. The molecule has 198 valence electrons. The van der Waals surface area contributed by atoms with Crippen LogP contribution >= 0.6 is 11.3 Å². The van der Waals surface area contributed by atoms with Crippen LogP contribution in [-0.4, -0.2) is 35.5 Å². The molecule has 0 saturated carbocycles. The summed E-state index contributed by atoms with van der Waals surface area (Å²) in [5, 5.41) is 3.32. The van der Waals surface area contributed by atoms with Crippen LogP contribution in [0.4, 0.5) is 15.8 Å². The summed E-state index contributed by atoms with van der Waals surface area (Å²) in [5.41, 5.74) is 13.2. The van der Waals surface area contributed by atoms with Crippen molar-refractivity contribution in [1.82, 2.24) is 14.9 Å². The van der Waals surface area contributed by atoms with Crippen molar-refractivity contribution in [3.05, 3.63) is 107 Å². The molecule has 0 unspecified atom stereocenters. The van der Waals surface area contributed by atoms with Gasteiger partial charge >= 0.3 is 0 Å². The minimum Gasteiger partial charge on any atom is -0.397 e. The first kappa shape index (κ1) is 28.8. The van der Waals surface area contributed by atoms with Crippen molar-refractivity contribution in [1.29, 1.82) is 0 Å². The van der Waals surface area contributed by atoms with Gasteiger partial charge in [-0.2, -0.15) is 0 Å². The average Bonchev–Trinajstić information content (AvgIpc) is 3.36. The van der Waals surface area contributed by atoms with E-state index in [1.54, 1.807) is 23.6 Å².